The van der Waals surface area contributed by atoms with Gasteiger partial charge in [-0.3, -0.25) is 14.5 Å². The summed E-state index contributed by atoms with van der Waals surface area (Å²) in [6.45, 7) is 3.73. The van der Waals surface area contributed by atoms with Crippen LogP contribution in [0.4, 0.5) is 18.9 Å². The number of rotatable bonds is 6. The molecule has 3 aromatic rings. The van der Waals surface area contributed by atoms with E-state index in [0.717, 1.165) is 29.2 Å². The molecule has 0 saturated carbocycles. The highest BCUT2D eigenvalue weighted by Gasteiger charge is 2.47. The summed E-state index contributed by atoms with van der Waals surface area (Å²) in [5, 5.41) is 11.2. The number of ether oxygens (including phenoxy) is 2. The first-order valence-corrected chi connectivity index (χ1v) is 11.4. The molecular formula is C28H24F3NO5. The quantitative estimate of drug-likeness (QED) is 0.245. The van der Waals surface area contributed by atoms with E-state index in [9.17, 15) is 27.9 Å². The third-order valence-electron chi connectivity index (χ3n) is 5.83. The molecule has 1 amide bonds. The van der Waals surface area contributed by atoms with Gasteiger partial charge in [-0.2, -0.15) is 13.2 Å². The molecule has 0 bridgehead atoms. The molecule has 1 aliphatic heterocycles. The predicted molar refractivity (Wildman–Crippen MR) is 131 cm³/mol. The molecule has 1 N–H and O–H groups in total. The van der Waals surface area contributed by atoms with Crippen molar-refractivity contribution in [2.45, 2.75) is 32.2 Å². The molecule has 1 atom stereocenters. The lowest BCUT2D eigenvalue weighted by molar-refractivity contribution is -0.137. The summed E-state index contributed by atoms with van der Waals surface area (Å²) in [7, 11) is 1.45. The first-order valence-electron chi connectivity index (χ1n) is 11.4. The van der Waals surface area contributed by atoms with E-state index in [1.165, 1.54) is 7.11 Å². The number of aliphatic hydroxyl groups excluding tert-OH is 1. The van der Waals surface area contributed by atoms with Crippen molar-refractivity contribution in [3.05, 3.63) is 95.1 Å². The molecule has 192 valence electrons. The predicted octanol–water partition coefficient (Wildman–Crippen LogP) is 6.13. The van der Waals surface area contributed by atoms with Crippen LogP contribution in [-0.2, 0) is 15.8 Å². The van der Waals surface area contributed by atoms with Crippen LogP contribution in [0.3, 0.4) is 0 Å². The Morgan fingerprint density at radius 3 is 2.16 bits per heavy atom. The molecule has 6 nitrogen and oxygen atoms in total. The van der Waals surface area contributed by atoms with Crippen LogP contribution < -0.4 is 14.4 Å². The Morgan fingerprint density at radius 1 is 0.946 bits per heavy atom. The van der Waals surface area contributed by atoms with Crippen molar-refractivity contribution >= 4 is 23.1 Å². The average Bonchev–Trinajstić information content (AvgIpc) is 3.13. The number of amides is 1. The first-order chi connectivity index (χ1) is 17.5. The standard InChI is InChI=1S/C28H24F3NO5/c1-16(2)37-21-13-7-17(8-14-21)25(33)23-24(18-5-4-6-22(15-18)36-3)32(27(35)26(23)34)20-11-9-19(10-12-20)28(29,30)31/h4-16,24,33H,1-3H3/b25-23+. The Kier molecular flexibility index (Phi) is 6.98. The second-order valence-electron chi connectivity index (χ2n) is 8.68. The maximum absolute atomic E-state index is 13.2. The fourth-order valence-corrected chi connectivity index (χ4v) is 4.16. The van der Waals surface area contributed by atoms with Gasteiger partial charge in [-0.1, -0.05) is 12.1 Å². The Labute approximate surface area is 211 Å². The fourth-order valence-electron chi connectivity index (χ4n) is 4.16. The number of methoxy groups -OCH3 is 1. The average molecular weight is 511 g/mol. The zero-order valence-electron chi connectivity index (χ0n) is 20.2. The van der Waals surface area contributed by atoms with Crippen molar-refractivity contribution in [2.75, 3.05) is 12.0 Å². The molecular weight excluding hydrogens is 487 g/mol. The summed E-state index contributed by atoms with van der Waals surface area (Å²) in [4.78, 5) is 27.5. The smallest absolute Gasteiger partial charge is 0.416 e. The molecule has 9 heteroatoms. The number of ketones is 1. The van der Waals surface area contributed by atoms with Crippen LogP contribution in [0.1, 0.15) is 36.6 Å². The van der Waals surface area contributed by atoms with Crippen molar-refractivity contribution < 1.29 is 37.3 Å². The molecule has 1 unspecified atom stereocenters. The monoisotopic (exact) mass is 511 g/mol. The number of Topliss-reactive ketones (excluding diaryl/α,β-unsaturated/α-hetero) is 1. The highest BCUT2D eigenvalue weighted by Crippen LogP contribution is 2.43. The van der Waals surface area contributed by atoms with Crippen LogP contribution in [0.5, 0.6) is 11.5 Å². The minimum atomic E-state index is -4.57. The molecule has 0 radical (unpaired) electrons. The van der Waals surface area contributed by atoms with Crippen LogP contribution >= 0.6 is 0 Å². The molecule has 1 fully saturated rings. The lowest BCUT2D eigenvalue weighted by Gasteiger charge is -2.26. The minimum Gasteiger partial charge on any atom is -0.507 e. The van der Waals surface area contributed by atoms with E-state index in [1.807, 2.05) is 13.8 Å². The van der Waals surface area contributed by atoms with E-state index >= 15 is 0 Å². The van der Waals surface area contributed by atoms with Gasteiger partial charge in [0.2, 0.25) is 0 Å². The number of carbonyl (C=O) groups is 2. The fraction of sp³-hybridized carbons (Fsp3) is 0.214. The number of hydrogen-bond acceptors (Lipinski definition) is 5. The molecule has 4 rings (SSSR count). The molecule has 1 saturated heterocycles. The van der Waals surface area contributed by atoms with Gasteiger partial charge in [0.05, 0.1) is 30.4 Å². The zero-order valence-corrected chi connectivity index (χ0v) is 20.2. The van der Waals surface area contributed by atoms with Crippen molar-refractivity contribution in [1.82, 2.24) is 0 Å². The van der Waals surface area contributed by atoms with Gasteiger partial charge in [0.25, 0.3) is 11.7 Å². The van der Waals surface area contributed by atoms with Gasteiger partial charge >= 0.3 is 6.18 Å². The van der Waals surface area contributed by atoms with Crippen LogP contribution in [0.2, 0.25) is 0 Å². The Hall–Kier alpha value is -4.27. The molecule has 37 heavy (non-hydrogen) atoms. The van der Waals surface area contributed by atoms with E-state index in [-0.39, 0.29) is 22.9 Å². The van der Waals surface area contributed by atoms with Crippen molar-refractivity contribution in [2.24, 2.45) is 0 Å². The van der Waals surface area contributed by atoms with Gasteiger partial charge in [-0.25, -0.2) is 0 Å². The number of hydrogen-bond donors (Lipinski definition) is 1. The number of nitrogens with zero attached hydrogens (tertiary/aromatic N) is 1. The zero-order chi connectivity index (χ0) is 26.9. The largest absolute Gasteiger partial charge is 0.507 e. The number of alkyl halides is 3. The van der Waals surface area contributed by atoms with Crippen LogP contribution in [-0.4, -0.2) is 30.0 Å². The van der Waals surface area contributed by atoms with Crippen LogP contribution in [0.15, 0.2) is 78.4 Å². The third-order valence-corrected chi connectivity index (χ3v) is 5.83. The summed E-state index contributed by atoms with van der Waals surface area (Å²) in [6.07, 6.45) is -4.63. The molecule has 1 heterocycles. The molecule has 3 aromatic carbocycles. The summed E-state index contributed by atoms with van der Waals surface area (Å²) in [5.41, 5.74) is -0.318. The Balaban J connectivity index is 1.86. The Bertz CT molecular complexity index is 1350. The third kappa shape index (κ3) is 5.16. The van der Waals surface area contributed by atoms with E-state index in [0.29, 0.717) is 17.1 Å². The highest BCUT2D eigenvalue weighted by molar-refractivity contribution is 6.51. The molecule has 0 spiro atoms. The maximum atomic E-state index is 13.2. The van der Waals surface area contributed by atoms with E-state index < -0.39 is 35.2 Å². The molecule has 1 aliphatic rings. The summed E-state index contributed by atoms with van der Waals surface area (Å²) in [5.74, 6) is -1.37. The number of aliphatic hydroxyl groups is 1. The van der Waals surface area contributed by atoms with Gasteiger partial charge in [0.15, 0.2) is 0 Å². The Morgan fingerprint density at radius 2 is 1.59 bits per heavy atom. The normalized spacial score (nSPS) is 17.4. The number of halogens is 3. The lowest BCUT2D eigenvalue weighted by Crippen LogP contribution is -2.29. The van der Waals surface area contributed by atoms with Crippen molar-refractivity contribution in [3.8, 4) is 11.5 Å². The van der Waals surface area contributed by atoms with E-state index in [1.54, 1.807) is 48.5 Å². The molecule has 0 aromatic heterocycles. The van der Waals surface area contributed by atoms with Gasteiger partial charge in [-0.05, 0) is 80.1 Å². The summed E-state index contributed by atoms with van der Waals surface area (Å²) in [6, 6.07) is 15.7. The number of benzene rings is 3. The maximum Gasteiger partial charge on any atom is 0.416 e. The lowest BCUT2D eigenvalue weighted by atomic mass is 9.95. The highest BCUT2D eigenvalue weighted by atomic mass is 19.4. The second-order valence-corrected chi connectivity index (χ2v) is 8.68. The van der Waals surface area contributed by atoms with E-state index in [4.69, 9.17) is 9.47 Å². The number of carbonyl (C=O) groups excluding carboxylic acids is 2. The summed E-state index contributed by atoms with van der Waals surface area (Å²) >= 11 is 0. The second kappa shape index (κ2) is 10.0. The van der Waals surface area contributed by atoms with Gasteiger partial charge in [-0.15, -0.1) is 0 Å². The van der Waals surface area contributed by atoms with E-state index in [2.05, 4.69) is 0 Å². The SMILES string of the molecule is COc1cccc(C2/C(=C(\O)c3ccc(OC(C)C)cc3)C(=O)C(=O)N2c2ccc(C(F)(F)F)cc2)c1. The summed E-state index contributed by atoms with van der Waals surface area (Å²) < 4.78 is 50.2. The first kappa shape index (κ1) is 25.8. The van der Waals surface area contributed by atoms with Crippen molar-refractivity contribution in [3.63, 3.8) is 0 Å². The minimum absolute atomic E-state index is 0.0680. The van der Waals surface area contributed by atoms with Crippen molar-refractivity contribution in [1.29, 1.82) is 0 Å². The van der Waals surface area contributed by atoms with Gasteiger partial charge in [0, 0.05) is 11.3 Å². The van der Waals surface area contributed by atoms with Crippen LogP contribution in [0, 0.1) is 0 Å². The van der Waals surface area contributed by atoms with Crippen LogP contribution in [0.25, 0.3) is 5.76 Å². The van der Waals surface area contributed by atoms with Gasteiger partial charge < -0.3 is 14.6 Å². The number of anilines is 1. The topological polar surface area (TPSA) is 76.1 Å². The molecule has 0 aliphatic carbocycles. The van der Waals surface area contributed by atoms with Gasteiger partial charge in [0.1, 0.15) is 17.3 Å².